The molecule has 2 atom stereocenters. The molecule has 1 aromatic carbocycles. The number of halogens is 1. The predicted octanol–water partition coefficient (Wildman–Crippen LogP) is 3.37. The van der Waals surface area contributed by atoms with Crippen molar-refractivity contribution < 1.29 is 14.3 Å². The van der Waals surface area contributed by atoms with Crippen LogP contribution in [0.4, 0.5) is 4.79 Å². The zero-order chi connectivity index (χ0) is 18.8. The largest absolute Gasteiger partial charge is 0.453 e. The molecule has 1 aliphatic heterocycles. The number of nitrogens with zero attached hydrogens (tertiary/aromatic N) is 2. The second-order valence-corrected chi connectivity index (χ2v) is 7.75. The molecule has 2 N–H and O–H groups in total. The summed E-state index contributed by atoms with van der Waals surface area (Å²) in [5.41, 5.74) is 1.80. The first kappa shape index (κ1) is 18.7. The maximum absolute atomic E-state index is 13.1. The molecule has 2 amide bonds. The Kier molecular flexibility index (Phi) is 5.50. The van der Waals surface area contributed by atoms with Crippen molar-refractivity contribution >= 4 is 39.0 Å². The lowest BCUT2D eigenvalue weighted by atomic mass is 10.0. The van der Waals surface area contributed by atoms with Gasteiger partial charge in [0.1, 0.15) is 11.9 Å². The number of hydrogen-bond acceptors (Lipinski definition) is 4. The number of likely N-dealkylation sites (tertiary alicyclic amines) is 1. The highest BCUT2D eigenvalue weighted by atomic mass is 79.9. The number of imidazole rings is 1. The standard InChI is InChI=1S/C18H23BrN4O3/c1-10(2)15(22-18(25)26-3)17(24)23-8-4-5-14(23)16-20-12-7-6-11(19)9-13(12)21-16/h6-7,9-10,14-15H,4-5,8H2,1-3H3,(H,20,21)(H,22,25)/t14?,15-/m0/s1. The molecule has 1 unspecified atom stereocenters. The van der Waals surface area contributed by atoms with E-state index in [1.807, 2.05) is 36.9 Å². The Morgan fingerprint density at radius 2 is 2.19 bits per heavy atom. The minimum atomic E-state index is -0.624. The van der Waals surface area contributed by atoms with Crippen LogP contribution in [0.3, 0.4) is 0 Å². The fourth-order valence-corrected chi connectivity index (χ4v) is 3.71. The lowest BCUT2D eigenvalue weighted by molar-refractivity contribution is -0.135. The van der Waals surface area contributed by atoms with Gasteiger partial charge in [-0.15, -0.1) is 0 Å². The number of aromatic amines is 1. The molecule has 0 saturated carbocycles. The highest BCUT2D eigenvalue weighted by Crippen LogP contribution is 2.33. The fraction of sp³-hybridized carbons (Fsp3) is 0.500. The van der Waals surface area contributed by atoms with Gasteiger partial charge in [0.05, 0.1) is 24.2 Å². The van der Waals surface area contributed by atoms with Gasteiger partial charge >= 0.3 is 6.09 Å². The highest BCUT2D eigenvalue weighted by Gasteiger charge is 2.37. The molecule has 7 nitrogen and oxygen atoms in total. The van der Waals surface area contributed by atoms with E-state index in [-0.39, 0.29) is 17.9 Å². The number of carbonyl (C=O) groups excluding carboxylic acids is 2. The van der Waals surface area contributed by atoms with Crippen LogP contribution in [0.2, 0.25) is 0 Å². The van der Waals surface area contributed by atoms with Crippen molar-refractivity contribution in [3.05, 3.63) is 28.5 Å². The van der Waals surface area contributed by atoms with E-state index in [2.05, 4.69) is 36.0 Å². The van der Waals surface area contributed by atoms with Gasteiger partial charge in [-0.2, -0.15) is 0 Å². The Hall–Kier alpha value is -2.09. The number of amides is 2. The van der Waals surface area contributed by atoms with Crippen LogP contribution in [0.25, 0.3) is 11.0 Å². The van der Waals surface area contributed by atoms with Crippen molar-refractivity contribution in [2.24, 2.45) is 5.92 Å². The summed E-state index contributed by atoms with van der Waals surface area (Å²) >= 11 is 3.46. The van der Waals surface area contributed by atoms with Crippen molar-refractivity contribution in [3.63, 3.8) is 0 Å². The molecule has 26 heavy (non-hydrogen) atoms. The van der Waals surface area contributed by atoms with Gasteiger partial charge < -0.3 is 19.9 Å². The van der Waals surface area contributed by atoms with Crippen LogP contribution in [-0.2, 0) is 9.53 Å². The molecule has 2 heterocycles. The fourth-order valence-electron chi connectivity index (χ4n) is 3.35. The molecule has 1 aromatic heterocycles. The number of hydrogen-bond donors (Lipinski definition) is 2. The smallest absolute Gasteiger partial charge is 0.407 e. The number of methoxy groups -OCH3 is 1. The van der Waals surface area contributed by atoms with Crippen molar-refractivity contribution in [1.82, 2.24) is 20.2 Å². The van der Waals surface area contributed by atoms with E-state index in [1.165, 1.54) is 7.11 Å². The quantitative estimate of drug-likeness (QED) is 0.790. The number of nitrogens with one attached hydrogen (secondary N) is 2. The number of carbonyl (C=O) groups is 2. The molecule has 0 aliphatic carbocycles. The Bertz CT molecular complexity index is 820. The molecule has 2 aromatic rings. The molecular formula is C18H23BrN4O3. The number of alkyl carbamates (subject to hydrolysis) is 1. The molecule has 0 radical (unpaired) electrons. The van der Waals surface area contributed by atoms with E-state index in [0.717, 1.165) is 34.2 Å². The first-order valence-corrected chi connectivity index (χ1v) is 9.50. The normalized spacial score (nSPS) is 18.3. The van der Waals surface area contributed by atoms with Crippen LogP contribution < -0.4 is 5.32 Å². The summed E-state index contributed by atoms with van der Waals surface area (Å²) in [5.74, 6) is 0.633. The summed E-state index contributed by atoms with van der Waals surface area (Å²) in [7, 11) is 1.29. The summed E-state index contributed by atoms with van der Waals surface area (Å²) in [5, 5.41) is 2.66. The molecule has 1 fully saturated rings. The monoisotopic (exact) mass is 422 g/mol. The summed E-state index contributed by atoms with van der Waals surface area (Å²) in [6.07, 6.45) is 1.15. The van der Waals surface area contributed by atoms with Crippen LogP contribution in [0.15, 0.2) is 22.7 Å². The average Bonchev–Trinajstić information content (AvgIpc) is 3.24. The Labute approximate surface area is 160 Å². The Morgan fingerprint density at radius 3 is 2.88 bits per heavy atom. The molecule has 1 aliphatic rings. The molecule has 3 rings (SSSR count). The van der Waals surface area contributed by atoms with E-state index in [9.17, 15) is 9.59 Å². The number of H-pyrrole nitrogens is 1. The summed E-state index contributed by atoms with van der Waals surface area (Å²) < 4.78 is 5.64. The maximum Gasteiger partial charge on any atom is 0.407 e. The van der Waals surface area contributed by atoms with Gasteiger partial charge in [-0.05, 0) is 37.0 Å². The third-order valence-electron chi connectivity index (χ3n) is 4.71. The van der Waals surface area contributed by atoms with Crippen LogP contribution in [0.1, 0.15) is 38.6 Å². The van der Waals surface area contributed by atoms with Crippen molar-refractivity contribution in [2.75, 3.05) is 13.7 Å². The average molecular weight is 423 g/mol. The van der Waals surface area contributed by atoms with Gasteiger partial charge in [0.15, 0.2) is 0 Å². The summed E-state index contributed by atoms with van der Waals surface area (Å²) in [6, 6.07) is 5.12. The van der Waals surface area contributed by atoms with E-state index in [0.29, 0.717) is 6.54 Å². The third kappa shape index (κ3) is 3.70. The zero-order valence-corrected chi connectivity index (χ0v) is 16.7. The van der Waals surface area contributed by atoms with Gasteiger partial charge in [0.2, 0.25) is 5.91 Å². The van der Waals surface area contributed by atoms with E-state index in [1.54, 1.807) is 0 Å². The second-order valence-electron chi connectivity index (χ2n) is 6.83. The molecule has 140 valence electrons. The summed E-state index contributed by atoms with van der Waals surface area (Å²) in [4.78, 5) is 34.5. The first-order valence-electron chi connectivity index (χ1n) is 8.71. The highest BCUT2D eigenvalue weighted by molar-refractivity contribution is 9.10. The van der Waals surface area contributed by atoms with Crippen molar-refractivity contribution in [3.8, 4) is 0 Å². The van der Waals surface area contributed by atoms with Gasteiger partial charge in [-0.25, -0.2) is 9.78 Å². The van der Waals surface area contributed by atoms with E-state index < -0.39 is 12.1 Å². The number of benzene rings is 1. The number of aromatic nitrogens is 2. The lowest BCUT2D eigenvalue weighted by Gasteiger charge is -2.29. The molecule has 1 saturated heterocycles. The van der Waals surface area contributed by atoms with Gasteiger partial charge in [0, 0.05) is 11.0 Å². The third-order valence-corrected chi connectivity index (χ3v) is 5.20. The number of fused-ring (bicyclic) bond motifs is 1. The first-order chi connectivity index (χ1) is 12.4. The van der Waals surface area contributed by atoms with Crippen LogP contribution >= 0.6 is 15.9 Å². The minimum absolute atomic E-state index is 0.0468. The molecular weight excluding hydrogens is 400 g/mol. The van der Waals surface area contributed by atoms with E-state index >= 15 is 0 Å². The van der Waals surface area contributed by atoms with Crippen LogP contribution in [-0.4, -0.2) is 46.6 Å². The van der Waals surface area contributed by atoms with Gasteiger partial charge in [-0.3, -0.25) is 4.79 Å². The minimum Gasteiger partial charge on any atom is -0.453 e. The Balaban J connectivity index is 1.85. The topological polar surface area (TPSA) is 87.3 Å². The molecule has 0 bridgehead atoms. The lowest BCUT2D eigenvalue weighted by Crippen LogP contribution is -2.51. The molecule has 0 spiro atoms. The SMILES string of the molecule is COC(=O)N[C@H](C(=O)N1CCCC1c1nc2ccc(Br)cc2[nH]1)C(C)C. The van der Waals surface area contributed by atoms with Crippen molar-refractivity contribution in [1.29, 1.82) is 0 Å². The van der Waals surface area contributed by atoms with Crippen LogP contribution in [0, 0.1) is 5.92 Å². The zero-order valence-electron chi connectivity index (χ0n) is 15.1. The maximum atomic E-state index is 13.1. The van der Waals surface area contributed by atoms with E-state index in [4.69, 9.17) is 0 Å². The Morgan fingerprint density at radius 1 is 1.42 bits per heavy atom. The number of rotatable bonds is 4. The van der Waals surface area contributed by atoms with Gasteiger partial charge in [-0.1, -0.05) is 29.8 Å². The second kappa shape index (κ2) is 7.65. The predicted molar refractivity (Wildman–Crippen MR) is 102 cm³/mol. The van der Waals surface area contributed by atoms with Crippen molar-refractivity contribution in [2.45, 2.75) is 38.8 Å². The molecule has 8 heteroatoms. The summed E-state index contributed by atoms with van der Waals surface area (Å²) in [6.45, 7) is 4.46. The van der Waals surface area contributed by atoms with Gasteiger partial charge in [0.25, 0.3) is 0 Å². The number of ether oxygens (including phenoxy) is 1. The van der Waals surface area contributed by atoms with Crippen LogP contribution in [0.5, 0.6) is 0 Å².